The Kier molecular flexibility index (Phi) is 3.50. The number of nitro groups is 1. The van der Waals surface area contributed by atoms with E-state index >= 15 is 0 Å². The molecule has 1 aliphatic rings. The van der Waals surface area contributed by atoms with Crippen molar-refractivity contribution in [1.82, 2.24) is 9.88 Å². The zero-order chi connectivity index (χ0) is 14.0. The van der Waals surface area contributed by atoms with Crippen LogP contribution >= 0.6 is 0 Å². The Bertz CT molecular complexity index is 519. The molecule has 1 unspecified atom stereocenters. The molecular formula is C11H14N4O4. The maximum absolute atomic E-state index is 10.9. The van der Waals surface area contributed by atoms with Crippen molar-refractivity contribution in [2.75, 3.05) is 18.4 Å². The number of amides is 1. The van der Waals surface area contributed by atoms with Crippen molar-refractivity contribution in [3.8, 4) is 0 Å². The number of carboxylic acid groups (broad SMARTS) is 1. The number of aryl methyl sites for hydroxylation is 1. The van der Waals surface area contributed by atoms with Gasteiger partial charge in [-0.2, -0.15) is 0 Å². The van der Waals surface area contributed by atoms with Crippen LogP contribution in [0.25, 0.3) is 0 Å². The highest BCUT2D eigenvalue weighted by Crippen LogP contribution is 2.24. The van der Waals surface area contributed by atoms with Gasteiger partial charge in [0, 0.05) is 31.4 Å². The molecule has 2 rings (SSSR count). The zero-order valence-corrected chi connectivity index (χ0v) is 10.4. The van der Waals surface area contributed by atoms with Crippen LogP contribution in [-0.4, -0.2) is 45.1 Å². The van der Waals surface area contributed by atoms with Gasteiger partial charge in [0.2, 0.25) is 5.82 Å². The SMILES string of the molecule is Cc1cnc(NC2CCN(C(=O)O)C2)c([N+](=O)[O-])c1. The van der Waals surface area contributed by atoms with E-state index < -0.39 is 11.0 Å². The second-order valence-corrected chi connectivity index (χ2v) is 4.50. The Morgan fingerprint density at radius 2 is 2.42 bits per heavy atom. The molecule has 1 aromatic heterocycles. The van der Waals surface area contributed by atoms with Gasteiger partial charge < -0.3 is 15.3 Å². The van der Waals surface area contributed by atoms with Gasteiger partial charge in [-0.25, -0.2) is 9.78 Å². The fourth-order valence-corrected chi connectivity index (χ4v) is 2.05. The molecule has 1 fully saturated rings. The smallest absolute Gasteiger partial charge is 0.407 e. The predicted molar refractivity (Wildman–Crippen MR) is 67.3 cm³/mol. The van der Waals surface area contributed by atoms with E-state index in [-0.39, 0.29) is 17.5 Å². The van der Waals surface area contributed by atoms with E-state index in [2.05, 4.69) is 10.3 Å². The van der Waals surface area contributed by atoms with Gasteiger partial charge in [-0.15, -0.1) is 0 Å². The van der Waals surface area contributed by atoms with Crippen LogP contribution in [0.4, 0.5) is 16.3 Å². The van der Waals surface area contributed by atoms with Crippen molar-refractivity contribution in [1.29, 1.82) is 0 Å². The molecule has 102 valence electrons. The van der Waals surface area contributed by atoms with Gasteiger partial charge >= 0.3 is 11.8 Å². The van der Waals surface area contributed by atoms with Crippen LogP contribution in [0.3, 0.4) is 0 Å². The van der Waals surface area contributed by atoms with Crippen molar-refractivity contribution >= 4 is 17.6 Å². The summed E-state index contributed by atoms with van der Waals surface area (Å²) in [4.78, 5) is 26.5. The molecule has 1 saturated heterocycles. The first-order valence-electron chi connectivity index (χ1n) is 5.83. The third-order valence-corrected chi connectivity index (χ3v) is 3.00. The molecule has 2 heterocycles. The molecule has 0 bridgehead atoms. The first kappa shape index (κ1) is 13.1. The maximum atomic E-state index is 10.9. The predicted octanol–water partition coefficient (Wildman–Crippen LogP) is 1.46. The molecule has 0 saturated carbocycles. The lowest BCUT2D eigenvalue weighted by Crippen LogP contribution is -2.30. The van der Waals surface area contributed by atoms with Gasteiger partial charge in [0.1, 0.15) is 0 Å². The number of hydrogen-bond acceptors (Lipinski definition) is 5. The van der Waals surface area contributed by atoms with Crippen LogP contribution in [-0.2, 0) is 0 Å². The second-order valence-electron chi connectivity index (χ2n) is 4.50. The molecular weight excluding hydrogens is 252 g/mol. The molecule has 1 atom stereocenters. The summed E-state index contributed by atoms with van der Waals surface area (Å²) in [6, 6.07) is 1.30. The molecule has 8 heteroatoms. The van der Waals surface area contributed by atoms with Gasteiger partial charge in [0.25, 0.3) is 0 Å². The van der Waals surface area contributed by atoms with Crippen molar-refractivity contribution in [2.45, 2.75) is 19.4 Å². The monoisotopic (exact) mass is 266 g/mol. The topological polar surface area (TPSA) is 109 Å². The summed E-state index contributed by atoms with van der Waals surface area (Å²) < 4.78 is 0. The van der Waals surface area contributed by atoms with E-state index in [1.807, 2.05) is 0 Å². The van der Waals surface area contributed by atoms with Crippen molar-refractivity contribution < 1.29 is 14.8 Å². The number of carbonyl (C=O) groups is 1. The molecule has 0 radical (unpaired) electrons. The lowest BCUT2D eigenvalue weighted by atomic mass is 10.2. The van der Waals surface area contributed by atoms with Gasteiger partial charge in [-0.3, -0.25) is 10.1 Å². The third kappa shape index (κ3) is 2.90. The number of nitrogens with one attached hydrogen (secondary N) is 1. The summed E-state index contributed by atoms with van der Waals surface area (Å²) in [7, 11) is 0. The zero-order valence-electron chi connectivity index (χ0n) is 10.4. The first-order chi connectivity index (χ1) is 8.97. The van der Waals surface area contributed by atoms with Gasteiger partial charge in [-0.1, -0.05) is 0 Å². The van der Waals surface area contributed by atoms with Gasteiger partial charge in [-0.05, 0) is 18.9 Å². The number of anilines is 1. The minimum atomic E-state index is -0.976. The van der Waals surface area contributed by atoms with Crippen LogP contribution in [0, 0.1) is 17.0 Å². The Balaban J connectivity index is 2.12. The molecule has 0 aromatic carbocycles. The Hall–Kier alpha value is -2.38. The normalized spacial score (nSPS) is 18.4. The summed E-state index contributed by atoms with van der Waals surface area (Å²) in [6.45, 7) is 2.46. The number of pyridine rings is 1. The average Bonchev–Trinajstić information content (AvgIpc) is 2.80. The van der Waals surface area contributed by atoms with Crippen molar-refractivity contribution in [2.24, 2.45) is 0 Å². The number of likely N-dealkylation sites (tertiary alicyclic amines) is 1. The Morgan fingerprint density at radius 1 is 1.68 bits per heavy atom. The third-order valence-electron chi connectivity index (χ3n) is 3.00. The first-order valence-corrected chi connectivity index (χ1v) is 5.83. The minimum absolute atomic E-state index is 0.0891. The highest BCUT2D eigenvalue weighted by atomic mass is 16.6. The fraction of sp³-hybridized carbons (Fsp3) is 0.455. The van der Waals surface area contributed by atoms with Crippen LogP contribution in [0.5, 0.6) is 0 Å². The lowest BCUT2D eigenvalue weighted by molar-refractivity contribution is -0.384. The van der Waals surface area contributed by atoms with E-state index in [1.165, 1.54) is 11.0 Å². The summed E-state index contributed by atoms with van der Waals surface area (Å²) in [6.07, 6.45) is 1.17. The molecule has 1 aromatic rings. The number of nitrogens with zero attached hydrogens (tertiary/aromatic N) is 3. The maximum Gasteiger partial charge on any atom is 0.407 e. The molecule has 2 N–H and O–H groups in total. The van der Waals surface area contributed by atoms with Crippen LogP contribution < -0.4 is 5.32 Å². The number of aromatic nitrogens is 1. The summed E-state index contributed by atoms with van der Waals surface area (Å²) in [5, 5.41) is 22.7. The van der Waals surface area contributed by atoms with Crippen LogP contribution in [0.1, 0.15) is 12.0 Å². The molecule has 1 aliphatic heterocycles. The minimum Gasteiger partial charge on any atom is -0.465 e. The number of hydrogen-bond donors (Lipinski definition) is 2. The van der Waals surface area contributed by atoms with E-state index in [0.717, 1.165) is 0 Å². The highest BCUT2D eigenvalue weighted by molar-refractivity contribution is 5.66. The van der Waals surface area contributed by atoms with E-state index in [0.29, 0.717) is 25.1 Å². The molecule has 1 amide bonds. The van der Waals surface area contributed by atoms with Crippen molar-refractivity contribution in [3.63, 3.8) is 0 Å². The summed E-state index contributed by atoms with van der Waals surface area (Å²) in [5.41, 5.74) is 0.615. The van der Waals surface area contributed by atoms with Gasteiger partial charge in [0.05, 0.1) is 4.92 Å². The van der Waals surface area contributed by atoms with Crippen LogP contribution in [0.15, 0.2) is 12.3 Å². The average molecular weight is 266 g/mol. The Labute approximate surface area is 109 Å². The summed E-state index contributed by atoms with van der Waals surface area (Å²) in [5.74, 6) is 0.188. The van der Waals surface area contributed by atoms with Crippen LogP contribution in [0.2, 0.25) is 0 Å². The lowest BCUT2D eigenvalue weighted by Gasteiger charge is -2.14. The largest absolute Gasteiger partial charge is 0.465 e. The highest BCUT2D eigenvalue weighted by Gasteiger charge is 2.28. The summed E-state index contributed by atoms with van der Waals surface area (Å²) >= 11 is 0. The standard InChI is InChI=1S/C11H14N4O4/c1-7-4-9(15(18)19)10(12-5-7)13-8-2-3-14(6-8)11(16)17/h4-5,8H,2-3,6H2,1H3,(H,12,13)(H,16,17). The molecule has 0 spiro atoms. The van der Waals surface area contributed by atoms with Crippen molar-refractivity contribution in [3.05, 3.63) is 27.9 Å². The number of rotatable bonds is 3. The second kappa shape index (κ2) is 5.09. The molecule has 8 nitrogen and oxygen atoms in total. The molecule has 0 aliphatic carbocycles. The van der Waals surface area contributed by atoms with Gasteiger partial charge in [0.15, 0.2) is 0 Å². The molecule has 19 heavy (non-hydrogen) atoms. The fourth-order valence-electron chi connectivity index (χ4n) is 2.05. The quantitative estimate of drug-likeness (QED) is 0.633. The van der Waals surface area contributed by atoms with E-state index in [1.54, 1.807) is 13.1 Å². The Morgan fingerprint density at radius 3 is 3.00 bits per heavy atom. The van der Waals surface area contributed by atoms with E-state index in [4.69, 9.17) is 5.11 Å². The van der Waals surface area contributed by atoms with E-state index in [9.17, 15) is 14.9 Å².